The lowest BCUT2D eigenvalue weighted by Crippen LogP contribution is -2.54. The van der Waals surface area contributed by atoms with Crippen LogP contribution < -0.4 is 10.6 Å². The van der Waals surface area contributed by atoms with E-state index in [1.54, 1.807) is 0 Å². The highest BCUT2D eigenvalue weighted by atomic mass is 16.3. The molecule has 1 rings (SSSR count). The predicted octanol–water partition coefficient (Wildman–Crippen LogP) is 1.43. The summed E-state index contributed by atoms with van der Waals surface area (Å²) in [6.07, 6.45) is 6.40. The van der Waals surface area contributed by atoms with Gasteiger partial charge in [0.1, 0.15) is 0 Å². The van der Waals surface area contributed by atoms with Gasteiger partial charge in [-0.15, -0.1) is 0 Å². The maximum atomic E-state index is 11.6. The van der Waals surface area contributed by atoms with Crippen molar-refractivity contribution in [2.24, 2.45) is 5.92 Å². The number of amides is 1. The number of carbonyl (C=O) groups is 1. The van der Waals surface area contributed by atoms with Crippen molar-refractivity contribution in [2.45, 2.75) is 57.9 Å². The molecule has 4 nitrogen and oxygen atoms in total. The quantitative estimate of drug-likeness (QED) is 0.604. The van der Waals surface area contributed by atoms with Crippen molar-refractivity contribution in [1.29, 1.82) is 0 Å². The lowest BCUT2D eigenvalue weighted by Gasteiger charge is -2.39. The van der Waals surface area contributed by atoms with E-state index in [-0.39, 0.29) is 18.1 Å². The van der Waals surface area contributed by atoms with Crippen molar-refractivity contribution in [3.8, 4) is 0 Å². The third-order valence-corrected chi connectivity index (χ3v) is 3.87. The maximum absolute atomic E-state index is 11.6. The first-order valence-electron chi connectivity index (χ1n) is 7.24. The van der Waals surface area contributed by atoms with Gasteiger partial charge in [0.05, 0.1) is 13.2 Å². The average molecular weight is 256 g/mol. The van der Waals surface area contributed by atoms with Crippen LogP contribution in [0.15, 0.2) is 0 Å². The molecule has 0 aromatic rings. The minimum absolute atomic E-state index is 0.0366. The number of aliphatic hydroxyl groups excluding tert-OH is 1. The minimum atomic E-state index is -0.236. The number of nitrogens with one attached hydrogen (secondary N) is 2. The molecule has 0 heterocycles. The van der Waals surface area contributed by atoms with Gasteiger partial charge in [0.2, 0.25) is 5.91 Å². The van der Waals surface area contributed by atoms with Crippen molar-refractivity contribution < 1.29 is 9.90 Å². The second-order valence-electron chi connectivity index (χ2n) is 5.70. The Morgan fingerprint density at radius 3 is 2.89 bits per heavy atom. The number of carbonyl (C=O) groups excluding carboxylic acids is 1. The summed E-state index contributed by atoms with van der Waals surface area (Å²) < 4.78 is 0. The summed E-state index contributed by atoms with van der Waals surface area (Å²) in [6.45, 7) is 5.51. The van der Waals surface area contributed by atoms with Crippen LogP contribution in [0.4, 0.5) is 0 Å². The first-order chi connectivity index (χ1) is 8.62. The Morgan fingerprint density at radius 2 is 2.28 bits per heavy atom. The summed E-state index contributed by atoms with van der Waals surface area (Å²) in [5.74, 6) is 0.663. The molecule has 3 N–H and O–H groups in total. The SMILES string of the molecule is CCCCNC(=O)CNC1(CO)CCCC(C)C1. The van der Waals surface area contributed by atoms with Crippen LogP contribution in [0.25, 0.3) is 0 Å². The van der Waals surface area contributed by atoms with Gasteiger partial charge in [0.15, 0.2) is 0 Å². The van der Waals surface area contributed by atoms with Gasteiger partial charge in [0, 0.05) is 12.1 Å². The van der Waals surface area contributed by atoms with Crippen LogP contribution in [0.2, 0.25) is 0 Å². The molecule has 1 aliphatic rings. The van der Waals surface area contributed by atoms with Gasteiger partial charge in [-0.05, 0) is 25.2 Å². The molecule has 1 saturated carbocycles. The van der Waals surface area contributed by atoms with E-state index in [1.807, 2.05) is 0 Å². The fourth-order valence-corrected chi connectivity index (χ4v) is 2.75. The average Bonchev–Trinajstić information content (AvgIpc) is 2.37. The fourth-order valence-electron chi connectivity index (χ4n) is 2.75. The zero-order valence-corrected chi connectivity index (χ0v) is 11.8. The lowest BCUT2D eigenvalue weighted by molar-refractivity contribution is -0.120. The second-order valence-corrected chi connectivity index (χ2v) is 5.70. The van der Waals surface area contributed by atoms with E-state index < -0.39 is 0 Å². The molecule has 18 heavy (non-hydrogen) atoms. The van der Waals surface area contributed by atoms with E-state index in [9.17, 15) is 9.90 Å². The van der Waals surface area contributed by atoms with Crippen molar-refractivity contribution in [2.75, 3.05) is 19.7 Å². The zero-order chi connectivity index (χ0) is 13.4. The van der Waals surface area contributed by atoms with Gasteiger partial charge in [-0.2, -0.15) is 0 Å². The van der Waals surface area contributed by atoms with Gasteiger partial charge in [-0.1, -0.05) is 33.1 Å². The molecule has 0 saturated heterocycles. The fraction of sp³-hybridized carbons (Fsp3) is 0.929. The second kappa shape index (κ2) is 7.74. The molecule has 106 valence electrons. The summed E-state index contributed by atoms with van der Waals surface area (Å²) in [4.78, 5) is 11.6. The minimum Gasteiger partial charge on any atom is -0.394 e. The van der Waals surface area contributed by atoms with Crippen LogP contribution in [-0.2, 0) is 4.79 Å². The third kappa shape index (κ3) is 4.94. The van der Waals surface area contributed by atoms with Crippen molar-refractivity contribution in [3.05, 3.63) is 0 Å². The highest BCUT2D eigenvalue weighted by Gasteiger charge is 2.34. The molecule has 0 radical (unpaired) electrons. The van der Waals surface area contributed by atoms with Gasteiger partial charge < -0.3 is 15.7 Å². The number of hydrogen-bond acceptors (Lipinski definition) is 3. The smallest absolute Gasteiger partial charge is 0.233 e. The van der Waals surface area contributed by atoms with E-state index in [0.717, 1.165) is 38.6 Å². The molecule has 2 atom stereocenters. The lowest BCUT2D eigenvalue weighted by atomic mass is 9.77. The summed E-state index contributed by atoms with van der Waals surface area (Å²) in [6, 6.07) is 0. The zero-order valence-electron chi connectivity index (χ0n) is 11.8. The van der Waals surface area contributed by atoms with Gasteiger partial charge in [0.25, 0.3) is 0 Å². The maximum Gasteiger partial charge on any atom is 0.233 e. The Hall–Kier alpha value is -0.610. The number of hydrogen-bond donors (Lipinski definition) is 3. The molecule has 2 unspecified atom stereocenters. The standard InChI is InChI=1S/C14H28N2O2/c1-3-4-8-15-13(18)10-16-14(11-17)7-5-6-12(2)9-14/h12,16-17H,3-11H2,1-2H3,(H,15,18). The van der Waals surface area contributed by atoms with E-state index >= 15 is 0 Å². The topological polar surface area (TPSA) is 61.4 Å². The van der Waals surface area contributed by atoms with E-state index in [4.69, 9.17) is 0 Å². The molecule has 1 aliphatic carbocycles. The third-order valence-electron chi connectivity index (χ3n) is 3.87. The van der Waals surface area contributed by atoms with E-state index in [2.05, 4.69) is 24.5 Å². The van der Waals surface area contributed by atoms with Crippen LogP contribution in [0, 0.1) is 5.92 Å². The molecular weight excluding hydrogens is 228 g/mol. The molecule has 0 aromatic carbocycles. The van der Waals surface area contributed by atoms with Crippen LogP contribution in [0.1, 0.15) is 52.4 Å². The van der Waals surface area contributed by atoms with Gasteiger partial charge in [-0.25, -0.2) is 0 Å². The number of aliphatic hydroxyl groups is 1. The number of unbranched alkanes of at least 4 members (excludes halogenated alkanes) is 1. The first-order valence-corrected chi connectivity index (χ1v) is 7.24. The largest absolute Gasteiger partial charge is 0.394 e. The van der Waals surface area contributed by atoms with Gasteiger partial charge >= 0.3 is 0 Å². The molecule has 0 aromatic heterocycles. The molecular formula is C14H28N2O2. The summed E-state index contributed by atoms with van der Waals surface area (Å²) in [7, 11) is 0. The Balaban J connectivity index is 2.32. The number of rotatable bonds is 7. The van der Waals surface area contributed by atoms with E-state index in [0.29, 0.717) is 12.5 Å². The summed E-state index contributed by atoms with van der Waals surface area (Å²) >= 11 is 0. The predicted molar refractivity (Wildman–Crippen MR) is 73.4 cm³/mol. The highest BCUT2D eigenvalue weighted by Crippen LogP contribution is 2.31. The van der Waals surface area contributed by atoms with Crippen molar-refractivity contribution in [3.63, 3.8) is 0 Å². The van der Waals surface area contributed by atoms with Crippen molar-refractivity contribution in [1.82, 2.24) is 10.6 Å². The Bertz CT molecular complexity index is 258. The van der Waals surface area contributed by atoms with E-state index in [1.165, 1.54) is 6.42 Å². The Labute approximate surface area is 111 Å². The van der Waals surface area contributed by atoms with Crippen LogP contribution in [0.3, 0.4) is 0 Å². The van der Waals surface area contributed by atoms with Crippen LogP contribution in [0.5, 0.6) is 0 Å². The summed E-state index contributed by atoms with van der Waals surface area (Å²) in [5.41, 5.74) is -0.236. The van der Waals surface area contributed by atoms with Crippen LogP contribution >= 0.6 is 0 Å². The molecule has 0 bridgehead atoms. The first kappa shape index (κ1) is 15.4. The molecule has 0 spiro atoms. The van der Waals surface area contributed by atoms with Gasteiger partial charge in [-0.3, -0.25) is 4.79 Å². The normalized spacial score (nSPS) is 28.1. The molecule has 1 fully saturated rings. The monoisotopic (exact) mass is 256 g/mol. The highest BCUT2D eigenvalue weighted by molar-refractivity contribution is 5.78. The Kier molecular flexibility index (Phi) is 6.65. The van der Waals surface area contributed by atoms with Crippen molar-refractivity contribution >= 4 is 5.91 Å². The summed E-state index contributed by atoms with van der Waals surface area (Å²) in [5, 5.41) is 15.8. The molecule has 0 aliphatic heterocycles. The van der Waals surface area contributed by atoms with Crippen LogP contribution in [-0.4, -0.2) is 36.2 Å². The Morgan fingerprint density at radius 1 is 1.50 bits per heavy atom. The molecule has 4 heteroatoms. The molecule has 1 amide bonds.